The van der Waals surface area contributed by atoms with Crippen LogP contribution in [-0.2, 0) is 17.6 Å². The van der Waals surface area contributed by atoms with Crippen LogP contribution in [0.25, 0.3) is 0 Å². The second kappa shape index (κ2) is 3.38. The van der Waals surface area contributed by atoms with E-state index in [0.29, 0.717) is 12.8 Å². The van der Waals surface area contributed by atoms with Crippen molar-refractivity contribution in [2.45, 2.75) is 12.8 Å². The molecule has 1 unspecified atom stereocenters. The number of hydrogen-bond acceptors (Lipinski definition) is 2. The van der Waals surface area contributed by atoms with E-state index in [1.165, 1.54) is 6.07 Å². The molecule has 0 amide bonds. The van der Waals surface area contributed by atoms with Gasteiger partial charge in [0.25, 0.3) is 0 Å². The lowest BCUT2D eigenvalue weighted by Crippen LogP contribution is -2.12. The highest BCUT2D eigenvalue weighted by Crippen LogP contribution is 2.27. The number of fused-ring (bicyclic) bond motifs is 1. The fourth-order valence-electron chi connectivity index (χ4n) is 1.93. The SMILES string of the molecule is O=C(O)c1ccc2c(c1)CC(C(=O)O)C2. The molecule has 1 aliphatic carbocycles. The molecule has 1 aliphatic rings. The third-order valence-corrected chi connectivity index (χ3v) is 2.74. The van der Waals surface area contributed by atoms with Gasteiger partial charge < -0.3 is 10.2 Å². The highest BCUT2D eigenvalue weighted by molar-refractivity contribution is 5.88. The Morgan fingerprint density at radius 3 is 2.40 bits per heavy atom. The molecule has 0 spiro atoms. The Balaban J connectivity index is 2.31. The zero-order valence-electron chi connectivity index (χ0n) is 7.93. The summed E-state index contributed by atoms with van der Waals surface area (Å²) >= 11 is 0. The molecule has 0 aromatic heterocycles. The molecule has 2 rings (SSSR count). The number of hydrogen-bond donors (Lipinski definition) is 2. The van der Waals surface area contributed by atoms with E-state index in [9.17, 15) is 9.59 Å². The molecule has 78 valence electrons. The van der Waals surface area contributed by atoms with Gasteiger partial charge in [0, 0.05) is 0 Å². The Bertz CT molecular complexity index is 436. The number of aliphatic carboxylic acids is 1. The van der Waals surface area contributed by atoms with Gasteiger partial charge in [-0.05, 0) is 36.1 Å². The van der Waals surface area contributed by atoms with Gasteiger partial charge in [-0.2, -0.15) is 0 Å². The minimum Gasteiger partial charge on any atom is -0.481 e. The molecule has 2 N–H and O–H groups in total. The molecule has 1 atom stereocenters. The molecule has 1 aromatic rings. The van der Waals surface area contributed by atoms with Crippen molar-refractivity contribution in [2.24, 2.45) is 5.92 Å². The highest BCUT2D eigenvalue weighted by atomic mass is 16.4. The standard InChI is InChI=1S/C11H10O4/c12-10(13)7-2-1-6-3-9(11(14)15)5-8(6)4-7/h1-2,4,9H,3,5H2,(H,12,13)(H,14,15). The van der Waals surface area contributed by atoms with Crippen molar-refractivity contribution >= 4 is 11.9 Å². The van der Waals surface area contributed by atoms with E-state index < -0.39 is 17.9 Å². The minimum atomic E-state index is -0.975. The maximum absolute atomic E-state index is 10.8. The summed E-state index contributed by atoms with van der Waals surface area (Å²) in [5.74, 6) is -2.19. The van der Waals surface area contributed by atoms with Crippen molar-refractivity contribution < 1.29 is 19.8 Å². The van der Waals surface area contributed by atoms with E-state index in [2.05, 4.69) is 0 Å². The molecule has 4 nitrogen and oxygen atoms in total. The summed E-state index contributed by atoms with van der Waals surface area (Å²) in [6, 6.07) is 4.80. The summed E-state index contributed by atoms with van der Waals surface area (Å²) in [4.78, 5) is 21.5. The van der Waals surface area contributed by atoms with Gasteiger partial charge in [0.2, 0.25) is 0 Å². The number of carboxylic acids is 2. The van der Waals surface area contributed by atoms with Gasteiger partial charge in [-0.1, -0.05) is 6.07 Å². The highest BCUT2D eigenvalue weighted by Gasteiger charge is 2.27. The predicted molar refractivity (Wildman–Crippen MR) is 51.9 cm³/mol. The van der Waals surface area contributed by atoms with Gasteiger partial charge in [-0.25, -0.2) is 4.79 Å². The summed E-state index contributed by atoms with van der Waals surface area (Å²) < 4.78 is 0. The third-order valence-electron chi connectivity index (χ3n) is 2.74. The van der Waals surface area contributed by atoms with Crippen molar-refractivity contribution in [3.8, 4) is 0 Å². The van der Waals surface area contributed by atoms with Crippen molar-refractivity contribution in [1.82, 2.24) is 0 Å². The quantitative estimate of drug-likeness (QED) is 0.762. The molecule has 15 heavy (non-hydrogen) atoms. The number of carboxylic acid groups (broad SMARTS) is 2. The van der Waals surface area contributed by atoms with E-state index in [4.69, 9.17) is 10.2 Å². The average molecular weight is 206 g/mol. The lowest BCUT2D eigenvalue weighted by atomic mass is 10.1. The van der Waals surface area contributed by atoms with Crippen LogP contribution in [-0.4, -0.2) is 22.2 Å². The molecule has 4 heteroatoms. The van der Waals surface area contributed by atoms with Gasteiger partial charge in [-0.15, -0.1) is 0 Å². The van der Waals surface area contributed by atoms with Gasteiger partial charge in [-0.3, -0.25) is 4.79 Å². The summed E-state index contributed by atoms with van der Waals surface area (Å²) in [5, 5.41) is 17.6. The fraction of sp³-hybridized carbons (Fsp3) is 0.273. The molecular weight excluding hydrogens is 196 g/mol. The van der Waals surface area contributed by atoms with Gasteiger partial charge in [0.1, 0.15) is 0 Å². The van der Waals surface area contributed by atoms with E-state index in [1.807, 2.05) is 0 Å². The first-order valence-corrected chi connectivity index (χ1v) is 4.66. The second-order valence-electron chi connectivity index (χ2n) is 3.73. The average Bonchev–Trinajstić information content (AvgIpc) is 2.59. The Labute approximate surface area is 86.2 Å². The predicted octanol–water partition coefficient (Wildman–Crippen LogP) is 1.18. The second-order valence-corrected chi connectivity index (χ2v) is 3.73. The first-order valence-electron chi connectivity index (χ1n) is 4.66. The van der Waals surface area contributed by atoms with E-state index in [1.54, 1.807) is 12.1 Å². The monoisotopic (exact) mass is 206 g/mol. The van der Waals surface area contributed by atoms with Crippen molar-refractivity contribution in [3.63, 3.8) is 0 Å². The zero-order valence-corrected chi connectivity index (χ0v) is 7.93. The van der Waals surface area contributed by atoms with Crippen LogP contribution < -0.4 is 0 Å². The molecule has 0 heterocycles. The van der Waals surface area contributed by atoms with Gasteiger partial charge >= 0.3 is 11.9 Å². The summed E-state index contributed by atoms with van der Waals surface area (Å²) in [6.07, 6.45) is 0.941. The summed E-state index contributed by atoms with van der Waals surface area (Å²) in [7, 11) is 0. The van der Waals surface area contributed by atoms with Crippen LogP contribution in [0.15, 0.2) is 18.2 Å². The Hall–Kier alpha value is -1.84. The lowest BCUT2D eigenvalue weighted by Gasteiger charge is -1.99. The molecule has 0 aliphatic heterocycles. The van der Waals surface area contributed by atoms with Crippen LogP contribution in [0.4, 0.5) is 0 Å². The normalized spacial score (nSPS) is 18.5. The Morgan fingerprint density at radius 2 is 1.80 bits per heavy atom. The molecule has 0 bridgehead atoms. The number of carbonyl (C=O) groups is 2. The van der Waals surface area contributed by atoms with Crippen molar-refractivity contribution in [3.05, 3.63) is 34.9 Å². The smallest absolute Gasteiger partial charge is 0.335 e. The Kier molecular flexibility index (Phi) is 2.19. The third kappa shape index (κ3) is 1.70. The minimum absolute atomic E-state index is 0.222. The van der Waals surface area contributed by atoms with Crippen molar-refractivity contribution in [1.29, 1.82) is 0 Å². The molecule has 0 radical (unpaired) electrons. The maximum Gasteiger partial charge on any atom is 0.335 e. The van der Waals surface area contributed by atoms with E-state index in [0.717, 1.165) is 11.1 Å². The maximum atomic E-state index is 10.8. The molecule has 0 saturated heterocycles. The molecule has 1 aromatic carbocycles. The number of aromatic carboxylic acids is 1. The first-order chi connectivity index (χ1) is 7.08. The van der Waals surface area contributed by atoms with Gasteiger partial charge in [0.15, 0.2) is 0 Å². The van der Waals surface area contributed by atoms with Crippen LogP contribution in [0, 0.1) is 5.92 Å². The molecular formula is C11H10O4. The number of rotatable bonds is 2. The van der Waals surface area contributed by atoms with Crippen LogP contribution in [0.1, 0.15) is 21.5 Å². The number of benzene rings is 1. The van der Waals surface area contributed by atoms with Crippen LogP contribution in [0.2, 0.25) is 0 Å². The first kappa shape index (κ1) is 9.71. The van der Waals surface area contributed by atoms with Crippen LogP contribution >= 0.6 is 0 Å². The van der Waals surface area contributed by atoms with Crippen LogP contribution in [0.3, 0.4) is 0 Å². The lowest BCUT2D eigenvalue weighted by molar-refractivity contribution is -0.141. The van der Waals surface area contributed by atoms with E-state index in [-0.39, 0.29) is 5.56 Å². The fourth-order valence-corrected chi connectivity index (χ4v) is 1.93. The topological polar surface area (TPSA) is 74.6 Å². The Morgan fingerprint density at radius 1 is 1.13 bits per heavy atom. The zero-order chi connectivity index (χ0) is 11.0. The van der Waals surface area contributed by atoms with Crippen molar-refractivity contribution in [2.75, 3.05) is 0 Å². The molecule has 0 saturated carbocycles. The molecule has 0 fully saturated rings. The van der Waals surface area contributed by atoms with Crippen LogP contribution in [0.5, 0.6) is 0 Å². The van der Waals surface area contributed by atoms with Gasteiger partial charge in [0.05, 0.1) is 11.5 Å². The van der Waals surface area contributed by atoms with E-state index >= 15 is 0 Å². The summed E-state index contributed by atoms with van der Waals surface area (Å²) in [5.41, 5.74) is 2.02. The summed E-state index contributed by atoms with van der Waals surface area (Å²) in [6.45, 7) is 0. The largest absolute Gasteiger partial charge is 0.481 e.